The van der Waals surface area contributed by atoms with Crippen LogP contribution < -0.4 is 14.8 Å². The number of halogens is 4. The average Bonchev–Trinajstić information content (AvgIpc) is 2.71. The van der Waals surface area contributed by atoms with Gasteiger partial charge >= 0.3 is 0 Å². The second-order valence-corrected chi connectivity index (χ2v) is 8.65. The highest BCUT2D eigenvalue weighted by atomic mass is 79.9. The average molecular weight is 530 g/mol. The Morgan fingerprint density at radius 2 is 1.63 bits per heavy atom. The number of rotatable bonds is 9. The van der Waals surface area contributed by atoms with Crippen molar-refractivity contribution in [1.82, 2.24) is 5.32 Å². The zero-order valence-corrected chi connectivity index (χ0v) is 20.2. The molecule has 0 spiro atoms. The fraction of sp³-hybridized carbons (Fsp3) is 0.217. The maximum absolute atomic E-state index is 6.22. The SMILES string of the molecule is CCOc1cc(CNCc2ccccc2Cl)cc(Br)c1OCc1ccc(Cl)c(Cl)c1. The molecule has 0 saturated heterocycles. The van der Waals surface area contributed by atoms with Crippen LogP contribution in [0.3, 0.4) is 0 Å². The summed E-state index contributed by atoms with van der Waals surface area (Å²) in [5, 5.41) is 5.19. The first-order valence-electron chi connectivity index (χ1n) is 9.44. The van der Waals surface area contributed by atoms with E-state index < -0.39 is 0 Å². The normalized spacial score (nSPS) is 10.8. The number of hydrogen-bond donors (Lipinski definition) is 1. The summed E-state index contributed by atoms with van der Waals surface area (Å²) in [6, 6.07) is 17.2. The smallest absolute Gasteiger partial charge is 0.175 e. The fourth-order valence-corrected chi connectivity index (χ4v) is 4.02. The van der Waals surface area contributed by atoms with Crippen LogP contribution in [-0.2, 0) is 19.7 Å². The Morgan fingerprint density at radius 1 is 0.833 bits per heavy atom. The molecule has 0 fully saturated rings. The Labute approximate surface area is 200 Å². The van der Waals surface area contributed by atoms with Crippen LogP contribution in [0.5, 0.6) is 11.5 Å². The summed E-state index contributed by atoms with van der Waals surface area (Å²) in [5.41, 5.74) is 3.05. The second kappa shape index (κ2) is 11.3. The molecule has 0 radical (unpaired) electrons. The topological polar surface area (TPSA) is 30.5 Å². The molecule has 1 N–H and O–H groups in total. The van der Waals surface area contributed by atoms with E-state index in [2.05, 4.69) is 21.2 Å². The van der Waals surface area contributed by atoms with Crippen molar-refractivity contribution in [2.75, 3.05) is 6.61 Å². The predicted molar refractivity (Wildman–Crippen MR) is 128 cm³/mol. The zero-order valence-electron chi connectivity index (χ0n) is 16.4. The molecule has 0 heterocycles. The van der Waals surface area contributed by atoms with Crippen molar-refractivity contribution in [2.45, 2.75) is 26.6 Å². The van der Waals surface area contributed by atoms with E-state index in [9.17, 15) is 0 Å². The molecule has 0 aromatic heterocycles. The van der Waals surface area contributed by atoms with Gasteiger partial charge in [-0.15, -0.1) is 0 Å². The van der Waals surface area contributed by atoms with Crippen LogP contribution >= 0.6 is 50.7 Å². The Hall–Kier alpha value is -1.43. The first-order chi connectivity index (χ1) is 14.5. The van der Waals surface area contributed by atoms with Gasteiger partial charge < -0.3 is 14.8 Å². The minimum absolute atomic E-state index is 0.347. The molecule has 30 heavy (non-hydrogen) atoms. The fourth-order valence-electron chi connectivity index (χ4n) is 2.89. The van der Waals surface area contributed by atoms with E-state index in [4.69, 9.17) is 44.3 Å². The van der Waals surface area contributed by atoms with Crippen molar-refractivity contribution in [1.29, 1.82) is 0 Å². The summed E-state index contributed by atoms with van der Waals surface area (Å²) in [4.78, 5) is 0. The van der Waals surface area contributed by atoms with Crippen LogP contribution in [-0.4, -0.2) is 6.61 Å². The van der Waals surface area contributed by atoms with Gasteiger partial charge in [-0.3, -0.25) is 0 Å². The van der Waals surface area contributed by atoms with Crippen LogP contribution in [0, 0.1) is 0 Å². The van der Waals surface area contributed by atoms with E-state index in [1.54, 1.807) is 12.1 Å². The first-order valence-corrected chi connectivity index (χ1v) is 11.4. The lowest BCUT2D eigenvalue weighted by molar-refractivity contribution is 0.267. The molecule has 0 aliphatic heterocycles. The minimum atomic E-state index is 0.347. The number of hydrogen-bond acceptors (Lipinski definition) is 3. The molecular weight excluding hydrogens is 509 g/mol. The van der Waals surface area contributed by atoms with Gasteiger partial charge in [-0.2, -0.15) is 0 Å². The standard InChI is InChI=1S/C23H21BrCl3NO2/c1-2-29-22-11-16(12-28-13-17-5-3-4-6-19(17)25)9-18(24)23(22)30-14-15-7-8-20(26)21(27)10-15/h3-11,28H,2,12-14H2,1H3. The maximum atomic E-state index is 6.22. The van der Waals surface area contributed by atoms with Gasteiger partial charge in [0.15, 0.2) is 11.5 Å². The molecule has 3 nitrogen and oxygen atoms in total. The molecule has 158 valence electrons. The quantitative estimate of drug-likeness (QED) is 0.308. The summed E-state index contributed by atoms with van der Waals surface area (Å²) in [5.74, 6) is 1.33. The lowest BCUT2D eigenvalue weighted by atomic mass is 10.1. The summed E-state index contributed by atoms with van der Waals surface area (Å²) in [6.07, 6.45) is 0. The number of benzene rings is 3. The van der Waals surface area contributed by atoms with Gasteiger partial charge in [-0.25, -0.2) is 0 Å². The molecule has 0 unspecified atom stereocenters. The van der Waals surface area contributed by atoms with E-state index >= 15 is 0 Å². The predicted octanol–water partition coefficient (Wildman–Crippen LogP) is 7.68. The van der Waals surface area contributed by atoms with Crippen molar-refractivity contribution in [3.8, 4) is 11.5 Å². The number of ether oxygens (including phenoxy) is 2. The van der Waals surface area contributed by atoms with E-state index in [0.29, 0.717) is 47.8 Å². The van der Waals surface area contributed by atoms with Crippen LogP contribution in [0.25, 0.3) is 0 Å². The van der Waals surface area contributed by atoms with Gasteiger partial charge in [0.2, 0.25) is 0 Å². The van der Waals surface area contributed by atoms with Crippen molar-refractivity contribution in [2.24, 2.45) is 0 Å². The Morgan fingerprint density at radius 3 is 2.37 bits per heavy atom. The van der Waals surface area contributed by atoms with Crippen molar-refractivity contribution >= 4 is 50.7 Å². The Bertz CT molecular complexity index is 1010. The Kier molecular flexibility index (Phi) is 8.72. The monoisotopic (exact) mass is 527 g/mol. The van der Waals surface area contributed by atoms with Gasteiger partial charge in [0.1, 0.15) is 6.61 Å². The summed E-state index contributed by atoms with van der Waals surface area (Å²) in [6.45, 7) is 4.17. The third kappa shape index (κ3) is 6.29. The molecule has 3 aromatic rings. The van der Waals surface area contributed by atoms with Gasteiger partial charge in [-0.1, -0.05) is 59.1 Å². The second-order valence-electron chi connectivity index (χ2n) is 6.57. The van der Waals surface area contributed by atoms with Crippen molar-refractivity contribution in [3.05, 3.63) is 90.8 Å². The zero-order chi connectivity index (χ0) is 21.5. The molecule has 0 aliphatic rings. The highest BCUT2D eigenvalue weighted by Crippen LogP contribution is 2.38. The molecule has 3 aromatic carbocycles. The highest BCUT2D eigenvalue weighted by Gasteiger charge is 2.13. The first kappa shape index (κ1) is 23.2. The molecule has 3 rings (SSSR count). The van der Waals surface area contributed by atoms with Crippen LogP contribution in [0.2, 0.25) is 15.1 Å². The van der Waals surface area contributed by atoms with Gasteiger partial charge in [0.25, 0.3) is 0 Å². The van der Waals surface area contributed by atoms with E-state index in [1.807, 2.05) is 49.4 Å². The highest BCUT2D eigenvalue weighted by molar-refractivity contribution is 9.10. The molecule has 0 saturated carbocycles. The molecular formula is C23H21BrCl3NO2. The van der Waals surface area contributed by atoms with Crippen molar-refractivity contribution < 1.29 is 9.47 Å². The Balaban J connectivity index is 1.69. The van der Waals surface area contributed by atoms with E-state index in [1.165, 1.54) is 0 Å². The van der Waals surface area contributed by atoms with Gasteiger partial charge in [-0.05, 0) is 69.9 Å². The van der Waals surface area contributed by atoms with Crippen molar-refractivity contribution in [3.63, 3.8) is 0 Å². The molecule has 7 heteroatoms. The largest absolute Gasteiger partial charge is 0.490 e. The lowest BCUT2D eigenvalue weighted by Crippen LogP contribution is -2.13. The van der Waals surface area contributed by atoms with Crippen LogP contribution in [0.4, 0.5) is 0 Å². The lowest BCUT2D eigenvalue weighted by Gasteiger charge is -2.16. The van der Waals surface area contributed by atoms with Crippen LogP contribution in [0.1, 0.15) is 23.6 Å². The molecule has 0 amide bonds. The third-order valence-corrected chi connectivity index (χ3v) is 6.04. The van der Waals surface area contributed by atoms with E-state index in [-0.39, 0.29) is 0 Å². The number of nitrogens with one attached hydrogen (secondary N) is 1. The van der Waals surface area contributed by atoms with Gasteiger partial charge in [0.05, 0.1) is 21.1 Å². The molecule has 0 aliphatic carbocycles. The maximum Gasteiger partial charge on any atom is 0.175 e. The summed E-state index contributed by atoms with van der Waals surface area (Å²) in [7, 11) is 0. The van der Waals surface area contributed by atoms with Gasteiger partial charge in [0, 0.05) is 18.1 Å². The van der Waals surface area contributed by atoms with E-state index in [0.717, 1.165) is 26.2 Å². The molecule has 0 atom stereocenters. The minimum Gasteiger partial charge on any atom is -0.490 e. The molecule has 0 bridgehead atoms. The van der Waals surface area contributed by atoms with Crippen LogP contribution in [0.15, 0.2) is 59.1 Å². The summed E-state index contributed by atoms with van der Waals surface area (Å²) < 4.78 is 12.7. The third-order valence-electron chi connectivity index (χ3n) is 4.34. The summed E-state index contributed by atoms with van der Waals surface area (Å²) >= 11 is 21.9.